The Bertz CT molecular complexity index is 889. The summed E-state index contributed by atoms with van der Waals surface area (Å²) >= 11 is 0. The molecule has 2 aromatic carbocycles. The smallest absolute Gasteiger partial charge is 0.115 e. The molecule has 1 saturated carbocycles. The van der Waals surface area contributed by atoms with Gasteiger partial charge < -0.3 is 10.2 Å². The zero-order chi connectivity index (χ0) is 18.1. The lowest BCUT2D eigenvalue weighted by atomic mass is 9.99. The van der Waals surface area contributed by atoms with E-state index in [1.807, 2.05) is 24.3 Å². The second-order valence-electron chi connectivity index (χ2n) is 7.01. The fourth-order valence-electron chi connectivity index (χ4n) is 3.99. The van der Waals surface area contributed by atoms with Crippen molar-refractivity contribution in [2.75, 3.05) is 0 Å². The Morgan fingerprint density at radius 3 is 1.96 bits per heavy atom. The monoisotopic (exact) mass is 348 g/mol. The number of phenols is 2. The molecule has 0 bridgehead atoms. The zero-order valence-corrected chi connectivity index (χ0v) is 15.0. The van der Waals surface area contributed by atoms with E-state index < -0.39 is 0 Å². The molecule has 134 valence electrons. The third-order valence-corrected chi connectivity index (χ3v) is 5.31. The molecule has 1 aromatic heterocycles. The topological polar surface area (TPSA) is 58.3 Å². The predicted molar refractivity (Wildman–Crippen MR) is 103 cm³/mol. The minimum atomic E-state index is 0.265. The minimum absolute atomic E-state index is 0.265. The highest BCUT2D eigenvalue weighted by atomic mass is 16.3. The van der Waals surface area contributed by atoms with Crippen LogP contribution in [0.2, 0.25) is 0 Å². The van der Waals surface area contributed by atoms with Gasteiger partial charge in [-0.2, -0.15) is 5.10 Å². The van der Waals surface area contributed by atoms with Gasteiger partial charge in [-0.05, 0) is 67.8 Å². The van der Waals surface area contributed by atoms with E-state index in [1.54, 1.807) is 24.3 Å². The lowest BCUT2D eigenvalue weighted by Crippen LogP contribution is -2.08. The van der Waals surface area contributed by atoms with Crippen LogP contribution in [0.1, 0.15) is 44.2 Å². The second kappa shape index (κ2) is 6.87. The first-order valence-electron chi connectivity index (χ1n) is 9.37. The maximum absolute atomic E-state index is 9.67. The zero-order valence-electron chi connectivity index (χ0n) is 15.0. The van der Waals surface area contributed by atoms with Gasteiger partial charge in [0.2, 0.25) is 0 Å². The Labute approximate surface area is 153 Å². The summed E-state index contributed by atoms with van der Waals surface area (Å²) in [6, 6.07) is 15.1. The Balaban J connectivity index is 1.91. The van der Waals surface area contributed by atoms with E-state index in [-0.39, 0.29) is 11.5 Å². The first kappa shape index (κ1) is 16.7. The molecule has 1 aliphatic carbocycles. The Hall–Kier alpha value is -2.75. The van der Waals surface area contributed by atoms with E-state index in [9.17, 15) is 10.2 Å². The standard InChI is InChI=1S/C22H24N2O2/c1-2-20-21(15-7-11-18(25)12-8-15)23-24(17-5-3-4-6-17)22(20)16-9-13-19(26)14-10-16/h7-14,17,25-26H,2-6H2,1H3. The average Bonchev–Trinajstić information content (AvgIpc) is 3.30. The van der Waals surface area contributed by atoms with Crippen LogP contribution in [0.15, 0.2) is 48.5 Å². The van der Waals surface area contributed by atoms with Crippen LogP contribution < -0.4 is 0 Å². The highest BCUT2D eigenvalue weighted by molar-refractivity contribution is 5.75. The largest absolute Gasteiger partial charge is 0.508 e. The van der Waals surface area contributed by atoms with Gasteiger partial charge in [0.25, 0.3) is 0 Å². The van der Waals surface area contributed by atoms with Crippen LogP contribution in [0, 0.1) is 0 Å². The second-order valence-corrected chi connectivity index (χ2v) is 7.01. The molecule has 4 rings (SSSR count). The molecular formula is C22H24N2O2. The number of hydrogen-bond acceptors (Lipinski definition) is 3. The van der Waals surface area contributed by atoms with E-state index >= 15 is 0 Å². The molecule has 0 spiro atoms. The molecule has 0 saturated heterocycles. The molecule has 0 atom stereocenters. The summed E-state index contributed by atoms with van der Waals surface area (Å²) < 4.78 is 2.21. The van der Waals surface area contributed by atoms with Crippen LogP contribution in [0.3, 0.4) is 0 Å². The van der Waals surface area contributed by atoms with Crippen LogP contribution >= 0.6 is 0 Å². The summed E-state index contributed by atoms with van der Waals surface area (Å²) in [7, 11) is 0. The van der Waals surface area contributed by atoms with Gasteiger partial charge in [-0.3, -0.25) is 4.68 Å². The molecule has 1 fully saturated rings. The molecule has 4 nitrogen and oxygen atoms in total. The summed E-state index contributed by atoms with van der Waals surface area (Å²) in [6.07, 6.45) is 5.68. The number of aromatic hydroxyl groups is 2. The normalized spacial score (nSPS) is 14.8. The van der Waals surface area contributed by atoms with Crippen LogP contribution in [-0.4, -0.2) is 20.0 Å². The van der Waals surface area contributed by atoms with Crippen molar-refractivity contribution in [1.82, 2.24) is 9.78 Å². The molecule has 0 amide bonds. The Morgan fingerprint density at radius 2 is 1.42 bits per heavy atom. The van der Waals surface area contributed by atoms with E-state index in [0.717, 1.165) is 41.8 Å². The highest BCUT2D eigenvalue weighted by Gasteiger charge is 2.26. The molecule has 1 aliphatic rings. The first-order valence-corrected chi connectivity index (χ1v) is 9.37. The van der Waals surface area contributed by atoms with Gasteiger partial charge in [-0.15, -0.1) is 0 Å². The molecule has 0 unspecified atom stereocenters. The lowest BCUT2D eigenvalue weighted by Gasteiger charge is -2.15. The number of benzene rings is 2. The van der Waals surface area contributed by atoms with E-state index in [0.29, 0.717) is 6.04 Å². The highest BCUT2D eigenvalue weighted by Crippen LogP contribution is 2.39. The van der Waals surface area contributed by atoms with Crippen LogP contribution in [0.5, 0.6) is 11.5 Å². The summed E-state index contributed by atoms with van der Waals surface area (Å²) in [4.78, 5) is 0. The van der Waals surface area contributed by atoms with Crippen molar-refractivity contribution in [3.05, 3.63) is 54.1 Å². The van der Waals surface area contributed by atoms with Gasteiger partial charge >= 0.3 is 0 Å². The Morgan fingerprint density at radius 1 is 0.885 bits per heavy atom. The lowest BCUT2D eigenvalue weighted by molar-refractivity contribution is 0.471. The van der Waals surface area contributed by atoms with Crippen molar-refractivity contribution in [3.63, 3.8) is 0 Å². The summed E-state index contributed by atoms with van der Waals surface area (Å²) in [5.74, 6) is 0.540. The van der Waals surface area contributed by atoms with Crippen molar-refractivity contribution in [2.45, 2.75) is 45.1 Å². The van der Waals surface area contributed by atoms with Gasteiger partial charge in [0.15, 0.2) is 0 Å². The fraction of sp³-hybridized carbons (Fsp3) is 0.318. The predicted octanol–water partition coefficient (Wildman–Crippen LogP) is 5.31. The van der Waals surface area contributed by atoms with Crippen molar-refractivity contribution in [2.24, 2.45) is 0 Å². The molecule has 0 radical (unpaired) electrons. The van der Waals surface area contributed by atoms with Crippen LogP contribution in [0.25, 0.3) is 22.5 Å². The van der Waals surface area contributed by atoms with Crippen molar-refractivity contribution in [3.8, 4) is 34.0 Å². The summed E-state index contributed by atoms with van der Waals surface area (Å²) in [5, 5.41) is 24.3. The molecule has 2 N–H and O–H groups in total. The Kier molecular flexibility index (Phi) is 4.41. The first-order chi connectivity index (χ1) is 12.7. The maximum atomic E-state index is 9.67. The van der Waals surface area contributed by atoms with E-state index in [1.165, 1.54) is 18.4 Å². The van der Waals surface area contributed by atoms with Gasteiger partial charge in [0.1, 0.15) is 11.5 Å². The molecule has 26 heavy (non-hydrogen) atoms. The average molecular weight is 348 g/mol. The van der Waals surface area contributed by atoms with Crippen molar-refractivity contribution < 1.29 is 10.2 Å². The van der Waals surface area contributed by atoms with Crippen LogP contribution in [-0.2, 0) is 6.42 Å². The number of phenolic OH excluding ortho intramolecular Hbond substituents is 2. The minimum Gasteiger partial charge on any atom is -0.508 e. The number of rotatable bonds is 4. The third kappa shape index (κ3) is 2.96. The summed E-state index contributed by atoms with van der Waals surface area (Å²) in [5.41, 5.74) is 5.47. The molecule has 3 aromatic rings. The van der Waals surface area contributed by atoms with Crippen LogP contribution in [0.4, 0.5) is 0 Å². The SMILES string of the molecule is CCc1c(-c2ccc(O)cc2)nn(C2CCCC2)c1-c1ccc(O)cc1. The van der Waals surface area contributed by atoms with Gasteiger partial charge in [-0.25, -0.2) is 0 Å². The number of hydrogen-bond donors (Lipinski definition) is 2. The van der Waals surface area contributed by atoms with Gasteiger partial charge in [0, 0.05) is 16.7 Å². The molecule has 0 aliphatic heterocycles. The third-order valence-electron chi connectivity index (χ3n) is 5.31. The van der Waals surface area contributed by atoms with E-state index in [4.69, 9.17) is 5.10 Å². The van der Waals surface area contributed by atoms with Gasteiger partial charge in [0.05, 0.1) is 17.4 Å². The number of nitrogens with zero attached hydrogens (tertiary/aromatic N) is 2. The number of aromatic nitrogens is 2. The van der Waals surface area contributed by atoms with Gasteiger partial charge in [-0.1, -0.05) is 19.8 Å². The molecular weight excluding hydrogens is 324 g/mol. The maximum Gasteiger partial charge on any atom is 0.115 e. The molecule has 4 heteroatoms. The van der Waals surface area contributed by atoms with Crippen molar-refractivity contribution >= 4 is 0 Å². The van der Waals surface area contributed by atoms with E-state index in [2.05, 4.69) is 11.6 Å². The quantitative estimate of drug-likeness (QED) is 0.672. The molecule has 1 heterocycles. The van der Waals surface area contributed by atoms with Crippen molar-refractivity contribution in [1.29, 1.82) is 0 Å². The summed E-state index contributed by atoms with van der Waals surface area (Å²) in [6.45, 7) is 2.16. The fourth-order valence-corrected chi connectivity index (χ4v) is 3.99.